The zero-order valence-electron chi connectivity index (χ0n) is 7.36. The molecular formula is C4H9Na2O2PS2. The Morgan fingerprint density at radius 1 is 1.55 bits per heavy atom. The number of hydrogen-bond acceptors (Lipinski definition) is 4. The van der Waals surface area contributed by atoms with Gasteiger partial charge in [0.15, 0.2) is 0 Å². The predicted molar refractivity (Wildman–Crippen MR) is 42.4 cm³/mol. The van der Waals surface area contributed by atoms with Gasteiger partial charge in [-0.3, -0.25) is 0 Å². The fraction of sp³-hybridized carbons (Fsp3) is 1.00. The molecule has 0 spiro atoms. The third-order valence-electron chi connectivity index (χ3n) is 0.566. The van der Waals surface area contributed by atoms with Gasteiger partial charge in [-0.2, -0.15) is 0 Å². The third kappa shape index (κ3) is 19.4. The summed E-state index contributed by atoms with van der Waals surface area (Å²) < 4.78 is 4.68. The van der Waals surface area contributed by atoms with Crippen molar-refractivity contribution in [1.29, 1.82) is 0 Å². The molecule has 0 fully saturated rings. The SMILES string of the molecule is CC(C)COP([O-])(=S)[S-].[Na+].[Na+]. The molecule has 11 heavy (non-hydrogen) atoms. The van der Waals surface area contributed by atoms with E-state index in [2.05, 4.69) is 28.6 Å². The van der Waals surface area contributed by atoms with Crippen molar-refractivity contribution >= 4 is 29.7 Å². The van der Waals surface area contributed by atoms with Gasteiger partial charge in [-0.25, -0.2) is 0 Å². The van der Waals surface area contributed by atoms with Gasteiger partial charge in [0.2, 0.25) is 0 Å². The molecule has 0 aromatic heterocycles. The zero-order valence-corrected chi connectivity index (χ0v) is 13.9. The molecule has 0 aliphatic carbocycles. The van der Waals surface area contributed by atoms with Gasteiger partial charge in [0.25, 0.3) is 0 Å². The molecule has 0 N–H and O–H groups in total. The third-order valence-corrected chi connectivity index (χ3v) is 1.66. The second-order valence-corrected chi connectivity index (χ2v) is 6.87. The Bertz CT molecular complexity index is 127. The van der Waals surface area contributed by atoms with Gasteiger partial charge in [-0.05, 0) is 5.92 Å². The van der Waals surface area contributed by atoms with Crippen LogP contribution < -0.4 is 64.0 Å². The summed E-state index contributed by atoms with van der Waals surface area (Å²) in [4.78, 5) is 10.5. The van der Waals surface area contributed by atoms with Crippen molar-refractivity contribution in [2.75, 3.05) is 6.61 Å². The van der Waals surface area contributed by atoms with Crippen LogP contribution in [0.1, 0.15) is 13.8 Å². The van der Waals surface area contributed by atoms with Gasteiger partial charge in [-0.1, -0.05) is 13.8 Å². The van der Waals surface area contributed by atoms with E-state index in [1.165, 1.54) is 0 Å². The standard InChI is InChI=1S/C4H11O2PS2.2Na/c1-4(2)3-6-7(5,8)9;;/h4H,3H2,1-2H3,(H2,5,8,9);;/q;2*+1/p-2. The first kappa shape index (κ1) is 19.5. The van der Waals surface area contributed by atoms with Crippen molar-refractivity contribution in [1.82, 2.24) is 0 Å². The second kappa shape index (κ2) is 9.47. The van der Waals surface area contributed by atoms with E-state index in [4.69, 9.17) is 0 Å². The molecule has 2 nitrogen and oxygen atoms in total. The minimum Gasteiger partial charge on any atom is -0.819 e. The summed E-state index contributed by atoms with van der Waals surface area (Å²) in [6, 6.07) is 0. The molecule has 0 aliphatic rings. The van der Waals surface area contributed by atoms with E-state index in [-0.39, 0.29) is 59.1 Å². The summed E-state index contributed by atoms with van der Waals surface area (Å²) >= 11 is 8.70. The molecule has 0 saturated heterocycles. The summed E-state index contributed by atoms with van der Waals surface area (Å²) in [5, 5.41) is 0. The van der Waals surface area contributed by atoms with Crippen LogP contribution in [-0.4, -0.2) is 6.61 Å². The topological polar surface area (TPSA) is 32.3 Å². The molecule has 1 atom stereocenters. The van der Waals surface area contributed by atoms with Crippen LogP contribution in [0.4, 0.5) is 0 Å². The van der Waals surface area contributed by atoms with Crippen LogP contribution in [0.2, 0.25) is 0 Å². The van der Waals surface area contributed by atoms with Crippen LogP contribution in [0.5, 0.6) is 0 Å². The smallest absolute Gasteiger partial charge is 0.819 e. The molecule has 0 aliphatic heterocycles. The predicted octanol–water partition coefficient (Wildman–Crippen LogP) is -5.20. The van der Waals surface area contributed by atoms with Crippen molar-refractivity contribution in [3.05, 3.63) is 0 Å². The van der Waals surface area contributed by atoms with Crippen molar-refractivity contribution in [3.63, 3.8) is 0 Å². The molecule has 0 rings (SSSR count). The molecule has 1 unspecified atom stereocenters. The van der Waals surface area contributed by atoms with Crippen molar-refractivity contribution < 1.29 is 68.5 Å². The molecule has 0 amide bonds. The molecule has 0 bridgehead atoms. The minimum atomic E-state index is -3.05. The van der Waals surface area contributed by atoms with Gasteiger partial charge in [0.1, 0.15) is 0 Å². The van der Waals surface area contributed by atoms with E-state index in [1.54, 1.807) is 0 Å². The first-order valence-electron chi connectivity index (χ1n) is 2.58. The van der Waals surface area contributed by atoms with Crippen molar-refractivity contribution in [3.8, 4) is 0 Å². The van der Waals surface area contributed by atoms with E-state index < -0.39 is 5.69 Å². The Labute approximate surface area is 123 Å². The molecular weight excluding hydrogens is 221 g/mol. The average Bonchev–Trinajstić information content (AvgIpc) is 1.59. The van der Waals surface area contributed by atoms with Crippen LogP contribution in [0.3, 0.4) is 0 Å². The van der Waals surface area contributed by atoms with Gasteiger partial charge in [0, 0.05) is 0 Å². The Kier molecular flexibility index (Phi) is 16.8. The Hall–Kier alpha value is 2.92. The first-order valence-corrected chi connectivity index (χ1v) is 6.23. The normalized spacial score (nSPS) is 14.6. The van der Waals surface area contributed by atoms with E-state index in [0.717, 1.165) is 0 Å². The van der Waals surface area contributed by atoms with E-state index >= 15 is 0 Å². The molecule has 0 aromatic rings. The summed E-state index contributed by atoms with van der Waals surface area (Å²) in [5.74, 6) is 0.337. The van der Waals surface area contributed by atoms with E-state index in [9.17, 15) is 4.89 Å². The van der Waals surface area contributed by atoms with Crippen LogP contribution in [0, 0.1) is 5.92 Å². The zero-order chi connectivity index (χ0) is 7.49. The number of rotatable bonds is 3. The van der Waals surface area contributed by atoms with Gasteiger partial charge < -0.3 is 21.7 Å². The van der Waals surface area contributed by atoms with E-state index in [1.807, 2.05) is 13.8 Å². The molecule has 0 aromatic carbocycles. The van der Waals surface area contributed by atoms with Crippen molar-refractivity contribution in [2.24, 2.45) is 5.92 Å². The van der Waals surface area contributed by atoms with Crippen LogP contribution >= 0.6 is 5.69 Å². The van der Waals surface area contributed by atoms with E-state index in [0.29, 0.717) is 12.5 Å². The minimum absolute atomic E-state index is 0. The summed E-state index contributed by atoms with van der Waals surface area (Å²) in [6.07, 6.45) is 0. The molecule has 0 heterocycles. The van der Waals surface area contributed by atoms with Crippen LogP contribution in [-0.2, 0) is 28.6 Å². The van der Waals surface area contributed by atoms with Gasteiger partial charge >= 0.3 is 59.1 Å². The van der Waals surface area contributed by atoms with Crippen LogP contribution in [0.15, 0.2) is 0 Å². The van der Waals surface area contributed by atoms with Crippen LogP contribution in [0.25, 0.3) is 0 Å². The van der Waals surface area contributed by atoms with Gasteiger partial charge in [0.05, 0.1) is 6.61 Å². The van der Waals surface area contributed by atoms with Crippen molar-refractivity contribution in [2.45, 2.75) is 13.8 Å². The largest absolute Gasteiger partial charge is 1.00 e. The maximum atomic E-state index is 10.5. The van der Waals surface area contributed by atoms with Gasteiger partial charge in [-0.15, -0.1) is 17.5 Å². The second-order valence-electron chi connectivity index (χ2n) is 2.14. The Morgan fingerprint density at radius 2 is 1.91 bits per heavy atom. The monoisotopic (exact) mass is 230 g/mol. The Balaban J connectivity index is -0.000000320. The maximum absolute atomic E-state index is 10.5. The molecule has 56 valence electrons. The summed E-state index contributed by atoms with van der Waals surface area (Å²) in [7, 11) is 0. The fourth-order valence-electron chi connectivity index (χ4n) is 0.240. The first-order chi connectivity index (χ1) is 3.92. The Morgan fingerprint density at radius 3 is 2.00 bits per heavy atom. The molecule has 7 heteroatoms. The average molecular weight is 230 g/mol. The summed E-state index contributed by atoms with van der Waals surface area (Å²) in [5.41, 5.74) is -3.05. The molecule has 0 radical (unpaired) electrons. The maximum Gasteiger partial charge on any atom is 1.00 e. The summed E-state index contributed by atoms with van der Waals surface area (Å²) in [6.45, 7) is 4.28. The number of hydrogen-bond donors (Lipinski definition) is 0. The quantitative estimate of drug-likeness (QED) is 0.276. The molecule has 0 saturated carbocycles. The fourth-order valence-corrected chi connectivity index (χ4v) is 1.09.